The van der Waals surface area contributed by atoms with Gasteiger partial charge in [-0.3, -0.25) is 14.7 Å². The van der Waals surface area contributed by atoms with Gasteiger partial charge in [-0.05, 0) is 56.0 Å². The molecule has 0 fully saturated rings. The van der Waals surface area contributed by atoms with Gasteiger partial charge >= 0.3 is 0 Å². The van der Waals surface area contributed by atoms with Crippen molar-refractivity contribution < 1.29 is 4.79 Å². The molecule has 1 amide bonds. The third-order valence-corrected chi connectivity index (χ3v) is 5.21. The van der Waals surface area contributed by atoms with Crippen LogP contribution in [0, 0.1) is 6.92 Å². The fourth-order valence-electron chi connectivity index (χ4n) is 3.83. The van der Waals surface area contributed by atoms with Gasteiger partial charge in [0.05, 0.1) is 11.4 Å². The number of carbonyl (C=O) groups excluding carboxylic acids is 1. The molecule has 0 bridgehead atoms. The lowest BCUT2D eigenvalue weighted by atomic mass is 9.97. The molecule has 1 N–H and O–H groups in total. The van der Waals surface area contributed by atoms with Gasteiger partial charge in [-0.25, -0.2) is 4.68 Å². The highest BCUT2D eigenvalue weighted by atomic mass is 16.2. The fourth-order valence-corrected chi connectivity index (χ4v) is 3.83. The molecule has 3 aromatic rings. The second kappa shape index (κ2) is 8.13. The van der Waals surface area contributed by atoms with Crippen LogP contribution in [0.25, 0.3) is 5.69 Å². The number of carbonyl (C=O) groups is 1. The van der Waals surface area contributed by atoms with Crippen LogP contribution in [0.2, 0.25) is 0 Å². The van der Waals surface area contributed by atoms with Crippen molar-refractivity contribution in [2.24, 2.45) is 0 Å². The molecule has 0 saturated carbocycles. The van der Waals surface area contributed by atoms with Crippen molar-refractivity contribution in [3.63, 3.8) is 0 Å². The SMILES string of the molecule is Cc1c(C(=O)NC(C)C)nnn1-c1cccc2c1CCN(Cc1cccnc1)C2. The minimum Gasteiger partial charge on any atom is -0.348 e. The van der Waals surface area contributed by atoms with Crippen molar-refractivity contribution in [2.45, 2.75) is 46.3 Å². The summed E-state index contributed by atoms with van der Waals surface area (Å²) in [6, 6.07) is 10.4. The number of rotatable bonds is 5. The second-order valence-electron chi connectivity index (χ2n) is 7.80. The van der Waals surface area contributed by atoms with E-state index in [9.17, 15) is 4.79 Å². The van der Waals surface area contributed by atoms with Crippen molar-refractivity contribution in [3.8, 4) is 5.69 Å². The van der Waals surface area contributed by atoms with Crippen LogP contribution < -0.4 is 5.32 Å². The molecule has 0 aliphatic carbocycles. The molecule has 0 radical (unpaired) electrons. The maximum Gasteiger partial charge on any atom is 0.273 e. The third kappa shape index (κ3) is 4.05. The van der Waals surface area contributed by atoms with E-state index in [0.717, 1.165) is 37.4 Å². The predicted octanol–water partition coefficient (Wildman–Crippen LogP) is 2.67. The van der Waals surface area contributed by atoms with Gasteiger partial charge in [0.1, 0.15) is 0 Å². The van der Waals surface area contributed by atoms with E-state index in [-0.39, 0.29) is 11.9 Å². The zero-order valence-corrected chi connectivity index (χ0v) is 17.1. The Balaban J connectivity index is 1.58. The highest BCUT2D eigenvalue weighted by Gasteiger charge is 2.23. The predicted molar refractivity (Wildman–Crippen MR) is 111 cm³/mol. The molecule has 4 rings (SSSR count). The van der Waals surface area contributed by atoms with E-state index in [4.69, 9.17) is 0 Å². The first-order valence-corrected chi connectivity index (χ1v) is 9.98. The van der Waals surface area contributed by atoms with Crippen LogP contribution in [0.4, 0.5) is 0 Å². The number of nitrogens with zero attached hydrogens (tertiary/aromatic N) is 5. The summed E-state index contributed by atoms with van der Waals surface area (Å²) in [4.78, 5) is 19.0. The lowest BCUT2D eigenvalue weighted by Crippen LogP contribution is -2.31. The molecule has 0 spiro atoms. The molecule has 7 heteroatoms. The van der Waals surface area contributed by atoms with Crippen molar-refractivity contribution in [2.75, 3.05) is 6.54 Å². The molecule has 1 aromatic carbocycles. The summed E-state index contributed by atoms with van der Waals surface area (Å²) >= 11 is 0. The molecular weight excluding hydrogens is 364 g/mol. The minimum atomic E-state index is -0.184. The number of fused-ring (bicyclic) bond motifs is 1. The van der Waals surface area contributed by atoms with E-state index in [1.165, 1.54) is 16.7 Å². The molecule has 0 saturated heterocycles. The molecule has 0 unspecified atom stereocenters. The maximum absolute atomic E-state index is 12.4. The fraction of sp³-hybridized carbons (Fsp3) is 0.364. The van der Waals surface area contributed by atoms with Crippen molar-refractivity contribution in [1.82, 2.24) is 30.2 Å². The molecule has 3 heterocycles. The van der Waals surface area contributed by atoms with E-state index in [2.05, 4.69) is 49.8 Å². The topological polar surface area (TPSA) is 75.9 Å². The van der Waals surface area contributed by atoms with Crippen molar-refractivity contribution >= 4 is 5.91 Å². The molecule has 29 heavy (non-hydrogen) atoms. The Morgan fingerprint density at radius 1 is 1.24 bits per heavy atom. The monoisotopic (exact) mass is 390 g/mol. The Morgan fingerprint density at radius 3 is 2.86 bits per heavy atom. The first-order valence-electron chi connectivity index (χ1n) is 9.98. The average Bonchev–Trinajstić information content (AvgIpc) is 3.09. The van der Waals surface area contributed by atoms with Crippen LogP contribution in [0.1, 0.15) is 46.7 Å². The maximum atomic E-state index is 12.4. The molecule has 7 nitrogen and oxygen atoms in total. The Kier molecular flexibility index (Phi) is 5.40. The van der Waals surface area contributed by atoms with Crippen molar-refractivity contribution in [1.29, 1.82) is 0 Å². The van der Waals surface area contributed by atoms with Gasteiger partial charge in [0.15, 0.2) is 5.69 Å². The summed E-state index contributed by atoms with van der Waals surface area (Å²) in [6.07, 6.45) is 4.66. The zero-order chi connectivity index (χ0) is 20.4. The van der Waals surface area contributed by atoms with E-state index in [1.54, 1.807) is 10.9 Å². The Hall–Kier alpha value is -3.06. The Morgan fingerprint density at radius 2 is 2.10 bits per heavy atom. The third-order valence-electron chi connectivity index (χ3n) is 5.21. The standard InChI is InChI=1S/C22H26N6O/c1-15(2)24-22(29)21-16(3)28(26-25-21)20-8-4-7-18-14-27(11-9-19(18)20)13-17-6-5-10-23-12-17/h4-8,10,12,15H,9,11,13-14H2,1-3H3,(H,24,29). The second-order valence-corrected chi connectivity index (χ2v) is 7.80. The molecule has 150 valence electrons. The van der Waals surface area contributed by atoms with Gasteiger partial charge in [0.2, 0.25) is 0 Å². The first kappa shape index (κ1) is 19.3. The van der Waals surface area contributed by atoms with Gasteiger partial charge in [0.25, 0.3) is 5.91 Å². The summed E-state index contributed by atoms with van der Waals surface area (Å²) in [6.45, 7) is 8.50. The number of hydrogen-bond acceptors (Lipinski definition) is 5. The average molecular weight is 390 g/mol. The van der Waals surface area contributed by atoms with Crippen LogP contribution in [0.15, 0.2) is 42.7 Å². The quantitative estimate of drug-likeness (QED) is 0.725. The van der Waals surface area contributed by atoms with Gasteiger partial charge in [-0.1, -0.05) is 23.4 Å². The number of hydrogen-bond donors (Lipinski definition) is 1. The molecule has 1 aliphatic rings. The summed E-state index contributed by atoms with van der Waals surface area (Å²) in [5.74, 6) is -0.184. The number of benzene rings is 1. The van der Waals surface area contributed by atoms with Crippen molar-refractivity contribution in [3.05, 3.63) is 70.8 Å². The van der Waals surface area contributed by atoms with E-state index in [1.807, 2.05) is 33.0 Å². The zero-order valence-electron chi connectivity index (χ0n) is 17.1. The smallest absolute Gasteiger partial charge is 0.273 e. The Labute approximate surface area is 170 Å². The van der Waals surface area contributed by atoms with E-state index in [0.29, 0.717) is 5.69 Å². The van der Waals surface area contributed by atoms with Gasteiger partial charge in [0, 0.05) is 38.1 Å². The van der Waals surface area contributed by atoms with E-state index < -0.39 is 0 Å². The van der Waals surface area contributed by atoms with Crippen LogP contribution in [-0.4, -0.2) is 43.4 Å². The van der Waals surface area contributed by atoms with Crippen LogP contribution in [0.3, 0.4) is 0 Å². The van der Waals surface area contributed by atoms with Crippen LogP contribution in [0.5, 0.6) is 0 Å². The normalized spacial score (nSPS) is 14.1. The number of amides is 1. The molecule has 1 aliphatic heterocycles. The minimum absolute atomic E-state index is 0.0577. The summed E-state index contributed by atoms with van der Waals surface area (Å²) in [5.41, 5.74) is 5.94. The highest BCUT2D eigenvalue weighted by Crippen LogP contribution is 2.27. The lowest BCUT2D eigenvalue weighted by molar-refractivity contribution is 0.0937. The van der Waals surface area contributed by atoms with Gasteiger partial charge in [-0.2, -0.15) is 0 Å². The first-order chi connectivity index (χ1) is 14.0. The summed E-state index contributed by atoms with van der Waals surface area (Å²) in [7, 11) is 0. The molecule has 0 atom stereocenters. The van der Waals surface area contributed by atoms with Gasteiger partial charge in [-0.15, -0.1) is 5.10 Å². The largest absolute Gasteiger partial charge is 0.348 e. The lowest BCUT2D eigenvalue weighted by Gasteiger charge is -2.30. The number of aromatic nitrogens is 4. The van der Waals surface area contributed by atoms with Gasteiger partial charge < -0.3 is 5.32 Å². The summed E-state index contributed by atoms with van der Waals surface area (Å²) < 4.78 is 1.80. The van der Waals surface area contributed by atoms with Crippen LogP contribution in [-0.2, 0) is 19.5 Å². The van der Waals surface area contributed by atoms with Crippen LogP contribution >= 0.6 is 0 Å². The van der Waals surface area contributed by atoms with E-state index >= 15 is 0 Å². The summed E-state index contributed by atoms with van der Waals surface area (Å²) in [5, 5.41) is 11.3. The molecule has 2 aromatic heterocycles. The number of pyridine rings is 1. The number of nitrogens with one attached hydrogen (secondary N) is 1. The highest BCUT2D eigenvalue weighted by molar-refractivity contribution is 5.93. The molecular formula is C22H26N6O. The Bertz CT molecular complexity index is 1010.